The zero-order chi connectivity index (χ0) is 18.7. The van der Waals surface area contributed by atoms with E-state index in [0.717, 1.165) is 17.0 Å². The third-order valence-electron chi connectivity index (χ3n) is 4.36. The average molecular weight is 379 g/mol. The van der Waals surface area contributed by atoms with E-state index in [1.807, 2.05) is 22.4 Å². The number of rotatable bonds is 3. The minimum Gasteiger partial charge on any atom is -0.336 e. The molecule has 1 aliphatic rings. The lowest BCUT2D eigenvalue weighted by Crippen LogP contribution is -2.49. The van der Waals surface area contributed by atoms with Gasteiger partial charge in [-0.3, -0.25) is 9.69 Å². The first-order chi connectivity index (χ1) is 12.4. The number of benzene rings is 1. The highest BCUT2D eigenvalue weighted by atomic mass is 32.1. The monoisotopic (exact) mass is 379 g/mol. The summed E-state index contributed by atoms with van der Waals surface area (Å²) >= 11 is 1.52. The van der Waals surface area contributed by atoms with E-state index in [-0.39, 0.29) is 17.5 Å². The summed E-state index contributed by atoms with van der Waals surface area (Å²) in [5.74, 6) is -0.289. The first kappa shape index (κ1) is 18.4. The molecule has 1 saturated heterocycles. The Bertz CT molecular complexity index is 789. The zero-order valence-electron chi connectivity index (χ0n) is 13.7. The Morgan fingerprint density at radius 3 is 2.27 bits per heavy atom. The topological polar surface area (TPSA) is 47.3 Å². The van der Waals surface area contributed by atoms with Gasteiger partial charge in [-0.25, -0.2) is 0 Å². The molecule has 2 aromatic rings. The molecule has 0 N–H and O–H groups in total. The van der Waals surface area contributed by atoms with Gasteiger partial charge >= 0.3 is 6.18 Å². The van der Waals surface area contributed by atoms with Crippen LogP contribution < -0.4 is 0 Å². The smallest absolute Gasteiger partial charge is 0.336 e. The summed E-state index contributed by atoms with van der Waals surface area (Å²) in [7, 11) is 0. The fourth-order valence-corrected chi connectivity index (χ4v) is 3.74. The molecule has 0 aliphatic carbocycles. The number of hydrogen-bond acceptors (Lipinski definition) is 4. The number of amides is 1. The van der Waals surface area contributed by atoms with Crippen molar-refractivity contribution >= 4 is 17.2 Å². The number of nitrogens with zero attached hydrogens (tertiary/aromatic N) is 3. The number of alkyl halides is 3. The van der Waals surface area contributed by atoms with Gasteiger partial charge in [0, 0.05) is 36.6 Å². The standard InChI is InChI=1S/C18H16F3N3OS/c19-18(20,21)14-5-3-13(4-6-14)17(25)24-9-7-23(8-10-24)15(12-22)16-2-1-11-26-16/h1-6,11,15H,7-10H2. The van der Waals surface area contributed by atoms with Crippen LogP contribution >= 0.6 is 11.3 Å². The maximum absolute atomic E-state index is 12.6. The summed E-state index contributed by atoms with van der Waals surface area (Å²) in [6.45, 7) is 1.96. The van der Waals surface area contributed by atoms with E-state index in [4.69, 9.17) is 0 Å². The van der Waals surface area contributed by atoms with Crippen LogP contribution in [0, 0.1) is 11.3 Å². The third-order valence-corrected chi connectivity index (χ3v) is 5.29. The summed E-state index contributed by atoms with van der Waals surface area (Å²) in [6.07, 6.45) is -4.42. The second kappa shape index (κ2) is 7.48. The lowest BCUT2D eigenvalue weighted by atomic mass is 10.1. The normalized spacial score (nSPS) is 16.9. The molecule has 1 atom stereocenters. The predicted molar refractivity (Wildman–Crippen MR) is 91.6 cm³/mol. The van der Waals surface area contributed by atoms with E-state index in [1.165, 1.54) is 23.5 Å². The summed E-state index contributed by atoms with van der Waals surface area (Å²) in [5, 5.41) is 11.4. The van der Waals surface area contributed by atoms with Crippen LogP contribution in [-0.2, 0) is 6.18 Å². The molecule has 8 heteroatoms. The molecule has 1 aliphatic heterocycles. The van der Waals surface area contributed by atoms with Gasteiger partial charge in [0.15, 0.2) is 0 Å². The van der Waals surface area contributed by atoms with Gasteiger partial charge in [-0.15, -0.1) is 11.3 Å². The lowest BCUT2D eigenvalue weighted by molar-refractivity contribution is -0.137. The van der Waals surface area contributed by atoms with Crippen LogP contribution in [0.3, 0.4) is 0 Å². The molecule has 1 fully saturated rings. The minimum absolute atomic E-state index is 0.238. The van der Waals surface area contributed by atoms with Crippen molar-refractivity contribution in [2.45, 2.75) is 12.2 Å². The average Bonchev–Trinajstić information content (AvgIpc) is 3.16. The molecule has 0 spiro atoms. The number of halogens is 3. The fraction of sp³-hybridized carbons (Fsp3) is 0.333. The predicted octanol–water partition coefficient (Wildman–Crippen LogP) is 3.79. The van der Waals surface area contributed by atoms with Gasteiger partial charge in [-0.2, -0.15) is 18.4 Å². The molecule has 4 nitrogen and oxygen atoms in total. The fourth-order valence-electron chi connectivity index (χ4n) is 2.94. The molecule has 1 amide bonds. The Hall–Kier alpha value is -2.37. The Labute approximate surface area is 153 Å². The van der Waals surface area contributed by atoms with E-state index in [1.54, 1.807) is 4.90 Å². The van der Waals surface area contributed by atoms with Gasteiger partial charge < -0.3 is 4.90 Å². The molecule has 26 heavy (non-hydrogen) atoms. The van der Waals surface area contributed by atoms with Gasteiger partial charge in [-0.05, 0) is 35.7 Å². The van der Waals surface area contributed by atoms with Gasteiger partial charge in [-0.1, -0.05) is 6.07 Å². The molecular weight excluding hydrogens is 363 g/mol. The molecule has 2 heterocycles. The van der Waals surface area contributed by atoms with Gasteiger partial charge in [0.1, 0.15) is 6.04 Å². The van der Waals surface area contributed by atoms with Crippen LogP contribution in [0.5, 0.6) is 0 Å². The SMILES string of the molecule is N#CC(c1cccs1)N1CCN(C(=O)c2ccc(C(F)(F)F)cc2)CC1. The summed E-state index contributed by atoms with van der Waals surface area (Å²) in [6, 6.07) is 10.0. The minimum atomic E-state index is -4.42. The Kier molecular flexibility index (Phi) is 5.30. The Balaban J connectivity index is 1.63. The zero-order valence-corrected chi connectivity index (χ0v) is 14.6. The molecule has 0 saturated carbocycles. The maximum Gasteiger partial charge on any atom is 0.416 e. The van der Waals surface area contributed by atoms with Crippen LogP contribution in [0.2, 0.25) is 0 Å². The molecule has 136 valence electrons. The second-order valence-corrected chi connectivity index (χ2v) is 6.93. The number of piperazine rings is 1. The van der Waals surface area contributed by atoms with Crippen molar-refractivity contribution in [3.05, 3.63) is 57.8 Å². The largest absolute Gasteiger partial charge is 0.416 e. The highest BCUT2D eigenvalue weighted by molar-refractivity contribution is 7.10. The highest BCUT2D eigenvalue weighted by Gasteiger charge is 2.31. The van der Waals surface area contributed by atoms with E-state index >= 15 is 0 Å². The third kappa shape index (κ3) is 3.89. The van der Waals surface area contributed by atoms with Crippen molar-refractivity contribution in [1.82, 2.24) is 9.80 Å². The van der Waals surface area contributed by atoms with Crippen LogP contribution in [0.15, 0.2) is 41.8 Å². The van der Waals surface area contributed by atoms with Crippen molar-refractivity contribution < 1.29 is 18.0 Å². The van der Waals surface area contributed by atoms with E-state index in [2.05, 4.69) is 6.07 Å². The van der Waals surface area contributed by atoms with Crippen LogP contribution in [0.1, 0.15) is 26.8 Å². The van der Waals surface area contributed by atoms with Crippen LogP contribution in [0.25, 0.3) is 0 Å². The van der Waals surface area contributed by atoms with Gasteiger partial charge in [0.2, 0.25) is 0 Å². The summed E-state index contributed by atoms with van der Waals surface area (Å²) in [4.78, 5) is 17.1. The Morgan fingerprint density at radius 1 is 1.12 bits per heavy atom. The highest BCUT2D eigenvalue weighted by Crippen LogP contribution is 2.29. The van der Waals surface area contributed by atoms with Gasteiger partial charge in [0.05, 0.1) is 11.6 Å². The number of carbonyl (C=O) groups is 1. The molecular formula is C18H16F3N3OS. The van der Waals surface area contributed by atoms with Crippen LogP contribution in [-0.4, -0.2) is 41.9 Å². The summed E-state index contributed by atoms with van der Waals surface area (Å²) < 4.78 is 37.9. The lowest BCUT2D eigenvalue weighted by Gasteiger charge is -2.36. The molecule has 0 radical (unpaired) electrons. The van der Waals surface area contributed by atoms with E-state index in [0.29, 0.717) is 26.2 Å². The van der Waals surface area contributed by atoms with E-state index < -0.39 is 11.7 Å². The molecule has 1 aromatic heterocycles. The van der Waals surface area contributed by atoms with Crippen LogP contribution in [0.4, 0.5) is 13.2 Å². The second-order valence-electron chi connectivity index (χ2n) is 5.95. The first-order valence-electron chi connectivity index (χ1n) is 8.04. The molecule has 0 bridgehead atoms. The summed E-state index contributed by atoms with van der Waals surface area (Å²) in [5.41, 5.74) is -0.534. The van der Waals surface area contributed by atoms with E-state index in [9.17, 15) is 23.2 Å². The van der Waals surface area contributed by atoms with Crippen molar-refractivity contribution in [1.29, 1.82) is 5.26 Å². The maximum atomic E-state index is 12.6. The van der Waals surface area contributed by atoms with Crippen molar-refractivity contribution in [2.75, 3.05) is 26.2 Å². The number of carbonyl (C=O) groups excluding carboxylic acids is 1. The van der Waals surface area contributed by atoms with Crippen molar-refractivity contribution in [3.8, 4) is 6.07 Å². The molecule has 1 aromatic carbocycles. The quantitative estimate of drug-likeness (QED) is 0.815. The van der Waals surface area contributed by atoms with Crippen molar-refractivity contribution in [2.24, 2.45) is 0 Å². The Morgan fingerprint density at radius 2 is 1.77 bits per heavy atom. The van der Waals surface area contributed by atoms with Gasteiger partial charge in [0.25, 0.3) is 5.91 Å². The number of hydrogen-bond donors (Lipinski definition) is 0. The molecule has 1 unspecified atom stereocenters. The first-order valence-corrected chi connectivity index (χ1v) is 8.91. The van der Waals surface area contributed by atoms with Crippen molar-refractivity contribution in [3.63, 3.8) is 0 Å². The molecule has 3 rings (SSSR count). The number of thiophene rings is 1. The number of nitriles is 1.